The minimum Gasteiger partial charge on any atom is -0.474 e. The van der Waals surface area contributed by atoms with Gasteiger partial charge in [-0.15, -0.1) is 0 Å². The number of anilines is 1. The second kappa shape index (κ2) is 5.51. The number of benzene rings is 1. The highest BCUT2D eigenvalue weighted by molar-refractivity contribution is 6.31. The molecule has 0 atom stereocenters. The number of hydrogen-bond acceptors (Lipinski definition) is 3. The monoisotopic (exact) mass is 262 g/mol. The van der Waals surface area contributed by atoms with Crippen LogP contribution in [0.5, 0.6) is 0 Å². The number of fused-ring (bicyclic) bond motifs is 1. The molecule has 1 heterocycles. The summed E-state index contributed by atoms with van der Waals surface area (Å²) in [5.41, 5.74) is 2.90. The number of hydrogen-bond donors (Lipinski definition) is 3. The standard InChI is InChI=1S/C13H14N2O4/c16-11-4-2-9-7-8(1-3-10(9)15-11)5-6-14-12(17)13(18)19/h1,3,7H,2,4-6H2,(H,14,17)(H,15,16)(H,18,19). The van der Waals surface area contributed by atoms with Crippen molar-refractivity contribution < 1.29 is 19.5 Å². The fraction of sp³-hybridized carbons (Fsp3) is 0.308. The molecule has 0 spiro atoms. The highest BCUT2D eigenvalue weighted by atomic mass is 16.4. The van der Waals surface area contributed by atoms with Gasteiger partial charge in [0.2, 0.25) is 5.91 Å². The second-order valence-electron chi connectivity index (χ2n) is 4.35. The van der Waals surface area contributed by atoms with E-state index in [0.717, 1.165) is 16.8 Å². The molecular formula is C13H14N2O4. The van der Waals surface area contributed by atoms with Gasteiger partial charge in [-0.1, -0.05) is 12.1 Å². The van der Waals surface area contributed by atoms with E-state index in [9.17, 15) is 14.4 Å². The van der Waals surface area contributed by atoms with E-state index >= 15 is 0 Å². The number of carbonyl (C=O) groups is 3. The second-order valence-corrected chi connectivity index (χ2v) is 4.35. The zero-order valence-electron chi connectivity index (χ0n) is 10.2. The van der Waals surface area contributed by atoms with E-state index in [4.69, 9.17) is 5.11 Å². The van der Waals surface area contributed by atoms with Gasteiger partial charge in [-0.2, -0.15) is 0 Å². The van der Waals surface area contributed by atoms with Gasteiger partial charge in [-0.05, 0) is 30.0 Å². The normalized spacial score (nSPS) is 13.4. The zero-order valence-corrected chi connectivity index (χ0v) is 10.2. The first-order valence-corrected chi connectivity index (χ1v) is 5.99. The average Bonchev–Trinajstić information content (AvgIpc) is 2.38. The number of carboxylic acids is 1. The maximum absolute atomic E-state index is 11.2. The van der Waals surface area contributed by atoms with Crippen LogP contribution in [0.2, 0.25) is 0 Å². The summed E-state index contributed by atoms with van der Waals surface area (Å²) in [5.74, 6) is -2.45. The molecule has 19 heavy (non-hydrogen) atoms. The molecule has 0 aromatic heterocycles. The Hall–Kier alpha value is -2.37. The minimum atomic E-state index is -1.48. The molecule has 3 N–H and O–H groups in total. The van der Waals surface area contributed by atoms with E-state index in [0.29, 0.717) is 19.3 Å². The Morgan fingerprint density at radius 1 is 1.32 bits per heavy atom. The maximum Gasteiger partial charge on any atom is 0.394 e. The van der Waals surface area contributed by atoms with Crippen LogP contribution in [-0.2, 0) is 27.2 Å². The van der Waals surface area contributed by atoms with Crippen molar-refractivity contribution in [1.29, 1.82) is 0 Å². The third kappa shape index (κ3) is 3.31. The van der Waals surface area contributed by atoms with Crippen LogP contribution in [0.3, 0.4) is 0 Å². The molecule has 0 saturated carbocycles. The summed E-state index contributed by atoms with van der Waals surface area (Å²) in [6.07, 6.45) is 1.74. The molecule has 6 nitrogen and oxygen atoms in total. The highest BCUT2D eigenvalue weighted by Crippen LogP contribution is 2.23. The Morgan fingerprint density at radius 3 is 2.84 bits per heavy atom. The van der Waals surface area contributed by atoms with Gasteiger partial charge in [0, 0.05) is 18.7 Å². The quantitative estimate of drug-likeness (QED) is 0.683. The Morgan fingerprint density at radius 2 is 2.11 bits per heavy atom. The van der Waals surface area contributed by atoms with E-state index in [1.165, 1.54) is 0 Å². The van der Waals surface area contributed by atoms with Crippen LogP contribution in [-0.4, -0.2) is 29.4 Å². The van der Waals surface area contributed by atoms with E-state index < -0.39 is 11.9 Å². The SMILES string of the molecule is O=C1CCc2cc(CCNC(=O)C(=O)O)ccc2N1. The molecule has 2 amide bonds. The number of carboxylic acid groups (broad SMARTS) is 1. The zero-order chi connectivity index (χ0) is 13.8. The van der Waals surface area contributed by atoms with Crippen molar-refractivity contribution in [2.24, 2.45) is 0 Å². The lowest BCUT2D eigenvalue weighted by Crippen LogP contribution is -2.32. The largest absolute Gasteiger partial charge is 0.474 e. The number of aryl methyl sites for hydroxylation is 1. The number of aliphatic carboxylic acids is 1. The average molecular weight is 262 g/mol. The Balaban J connectivity index is 1.94. The van der Waals surface area contributed by atoms with Gasteiger partial charge in [-0.25, -0.2) is 4.79 Å². The molecule has 1 aliphatic rings. The summed E-state index contributed by atoms with van der Waals surface area (Å²) in [4.78, 5) is 32.4. The Kier molecular flexibility index (Phi) is 3.79. The lowest BCUT2D eigenvalue weighted by Gasteiger charge is -2.17. The van der Waals surface area contributed by atoms with Gasteiger partial charge < -0.3 is 15.7 Å². The number of rotatable bonds is 3. The lowest BCUT2D eigenvalue weighted by molar-refractivity contribution is -0.150. The third-order valence-corrected chi connectivity index (χ3v) is 2.96. The summed E-state index contributed by atoms with van der Waals surface area (Å²) in [6, 6.07) is 5.67. The van der Waals surface area contributed by atoms with Crippen LogP contribution < -0.4 is 10.6 Å². The summed E-state index contributed by atoms with van der Waals surface area (Å²) in [6.45, 7) is 0.274. The molecule has 1 aliphatic heterocycles. The van der Waals surface area contributed by atoms with Crippen LogP contribution >= 0.6 is 0 Å². The van der Waals surface area contributed by atoms with Crippen LogP contribution in [0.4, 0.5) is 5.69 Å². The first-order valence-electron chi connectivity index (χ1n) is 5.99. The van der Waals surface area contributed by atoms with Crippen LogP contribution in [0.25, 0.3) is 0 Å². The molecule has 1 aromatic rings. The van der Waals surface area contributed by atoms with Crippen molar-refractivity contribution >= 4 is 23.5 Å². The fourth-order valence-corrected chi connectivity index (χ4v) is 1.99. The molecule has 0 unspecified atom stereocenters. The van der Waals surface area contributed by atoms with Gasteiger partial charge in [0.25, 0.3) is 0 Å². The molecule has 6 heteroatoms. The Bertz CT molecular complexity index is 539. The number of nitrogens with one attached hydrogen (secondary N) is 2. The molecule has 0 radical (unpaired) electrons. The van der Waals surface area contributed by atoms with Crippen LogP contribution in [0.15, 0.2) is 18.2 Å². The summed E-state index contributed by atoms with van der Waals surface area (Å²) < 4.78 is 0. The fourth-order valence-electron chi connectivity index (χ4n) is 1.99. The maximum atomic E-state index is 11.2. The van der Waals surface area contributed by atoms with Crippen molar-refractivity contribution in [3.63, 3.8) is 0 Å². The molecule has 2 rings (SSSR count). The topological polar surface area (TPSA) is 95.5 Å². The predicted octanol–water partition coefficient (Wildman–Crippen LogP) is 0.315. The van der Waals surface area contributed by atoms with Gasteiger partial charge in [0.1, 0.15) is 0 Å². The van der Waals surface area contributed by atoms with Gasteiger partial charge in [-0.3, -0.25) is 9.59 Å². The van der Waals surface area contributed by atoms with Crippen molar-refractivity contribution in [3.05, 3.63) is 29.3 Å². The first kappa shape index (κ1) is 13.1. The summed E-state index contributed by atoms with van der Waals surface area (Å²) >= 11 is 0. The van der Waals surface area contributed by atoms with Crippen molar-refractivity contribution in [2.75, 3.05) is 11.9 Å². The Labute approximate surface area is 109 Å². The van der Waals surface area contributed by atoms with Crippen LogP contribution in [0.1, 0.15) is 17.5 Å². The molecular weight excluding hydrogens is 248 g/mol. The van der Waals surface area contributed by atoms with Crippen molar-refractivity contribution in [1.82, 2.24) is 5.32 Å². The summed E-state index contributed by atoms with van der Waals surface area (Å²) in [5, 5.41) is 13.5. The van der Waals surface area contributed by atoms with Crippen molar-refractivity contribution in [3.8, 4) is 0 Å². The van der Waals surface area contributed by atoms with E-state index in [-0.39, 0.29) is 12.5 Å². The van der Waals surface area contributed by atoms with Gasteiger partial charge in [0.05, 0.1) is 0 Å². The van der Waals surface area contributed by atoms with E-state index in [2.05, 4.69) is 10.6 Å². The van der Waals surface area contributed by atoms with E-state index in [1.54, 1.807) is 0 Å². The molecule has 0 bridgehead atoms. The smallest absolute Gasteiger partial charge is 0.394 e. The van der Waals surface area contributed by atoms with Crippen LogP contribution in [0, 0.1) is 0 Å². The van der Waals surface area contributed by atoms with Gasteiger partial charge >= 0.3 is 11.9 Å². The molecule has 0 aliphatic carbocycles. The predicted molar refractivity (Wildman–Crippen MR) is 67.7 cm³/mol. The molecule has 1 aromatic carbocycles. The van der Waals surface area contributed by atoms with Gasteiger partial charge in [0.15, 0.2) is 0 Å². The van der Waals surface area contributed by atoms with E-state index in [1.807, 2.05) is 18.2 Å². The molecule has 100 valence electrons. The first-order chi connectivity index (χ1) is 9.06. The number of amides is 2. The van der Waals surface area contributed by atoms with Crippen molar-refractivity contribution in [2.45, 2.75) is 19.3 Å². The lowest BCUT2D eigenvalue weighted by atomic mass is 9.99. The molecule has 0 saturated heterocycles. The third-order valence-electron chi connectivity index (χ3n) is 2.96. The highest BCUT2D eigenvalue weighted by Gasteiger charge is 2.15. The summed E-state index contributed by atoms with van der Waals surface area (Å²) in [7, 11) is 0. The molecule has 0 fully saturated rings. The number of carbonyl (C=O) groups excluding carboxylic acids is 2. The minimum absolute atomic E-state index is 0.0222.